The quantitative estimate of drug-likeness (QED) is 0.310. The van der Waals surface area contributed by atoms with Crippen LogP contribution in [0.5, 0.6) is 0 Å². The molecule has 0 bridgehead atoms. The van der Waals surface area contributed by atoms with Gasteiger partial charge in [0.1, 0.15) is 0 Å². The minimum absolute atomic E-state index is 0.223. The van der Waals surface area contributed by atoms with Crippen LogP contribution in [0.3, 0.4) is 0 Å². The third-order valence-corrected chi connectivity index (χ3v) is 1.64. The molecule has 7 heteroatoms. The van der Waals surface area contributed by atoms with Crippen LogP contribution in [-0.4, -0.2) is 4.92 Å². The first-order chi connectivity index (χ1) is 5.95. The fourth-order valence-corrected chi connectivity index (χ4v) is 0.900. The van der Waals surface area contributed by atoms with Crippen molar-refractivity contribution in [3.05, 3.63) is 38.7 Å². The van der Waals surface area contributed by atoms with Crippen LogP contribution in [0.2, 0.25) is 5.02 Å². The van der Waals surface area contributed by atoms with Crippen LogP contribution in [0.25, 0.3) is 0 Å². The van der Waals surface area contributed by atoms with E-state index in [9.17, 15) is 23.3 Å². The standard InChI is InChI=1S/C6HClF3NO2/c7-4-3(11(12)13)1-2(8)5(9)6(4)10/h1H. The van der Waals surface area contributed by atoms with Crippen molar-refractivity contribution < 1.29 is 18.1 Å². The van der Waals surface area contributed by atoms with Gasteiger partial charge in [0, 0.05) is 0 Å². The van der Waals surface area contributed by atoms with Gasteiger partial charge >= 0.3 is 0 Å². The van der Waals surface area contributed by atoms with Crippen molar-refractivity contribution in [3.63, 3.8) is 0 Å². The Hall–Kier alpha value is -1.30. The average Bonchev–Trinajstić information content (AvgIpc) is 2.07. The van der Waals surface area contributed by atoms with Gasteiger partial charge in [-0.15, -0.1) is 0 Å². The molecule has 0 spiro atoms. The first-order valence-corrected chi connectivity index (χ1v) is 3.30. The van der Waals surface area contributed by atoms with E-state index in [1.54, 1.807) is 0 Å². The Labute approximate surface area is 74.9 Å². The molecule has 0 heterocycles. The maximum absolute atomic E-state index is 12.6. The molecule has 70 valence electrons. The van der Waals surface area contributed by atoms with E-state index in [0.29, 0.717) is 0 Å². The molecular weight excluding hydrogens is 211 g/mol. The Morgan fingerprint density at radius 3 is 2.31 bits per heavy atom. The summed E-state index contributed by atoms with van der Waals surface area (Å²) in [5.74, 6) is -5.22. The first-order valence-electron chi connectivity index (χ1n) is 2.92. The van der Waals surface area contributed by atoms with E-state index in [1.807, 2.05) is 0 Å². The topological polar surface area (TPSA) is 43.1 Å². The summed E-state index contributed by atoms with van der Waals surface area (Å²) in [6.07, 6.45) is 0. The molecule has 0 aliphatic rings. The molecule has 0 unspecified atom stereocenters. The molecule has 1 aromatic carbocycles. The van der Waals surface area contributed by atoms with Crippen molar-refractivity contribution in [1.29, 1.82) is 0 Å². The molecule has 0 aromatic heterocycles. The monoisotopic (exact) mass is 211 g/mol. The van der Waals surface area contributed by atoms with Gasteiger partial charge in [-0.2, -0.15) is 0 Å². The number of nitro benzene ring substituents is 1. The first kappa shape index (κ1) is 9.79. The van der Waals surface area contributed by atoms with E-state index in [4.69, 9.17) is 11.6 Å². The lowest BCUT2D eigenvalue weighted by atomic mass is 10.3. The molecule has 0 aliphatic heterocycles. The molecular formula is C6HClF3NO2. The zero-order valence-corrected chi connectivity index (χ0v) is 6.61. The lowest BCUT2D eigenvalue weighted by Gasteiger charge is -1.98. The second-order valence-electron chi connectivity index (χ2n) is 2.08. The number of nitrogens with zero attached hydrogens (tertiary/aromatic N) is 1. The predicted molar refractivity (Wildman–Crippen MR) is 38.0 cm³/mol. The Kier molecular flexibility index (Phi) is 2.42. The molecule has 0 fully saturated rings. The SMILES string of the molecule is O=[N+]([O-])c1cc(F)c(F)c(F)c1Cl. The van der Waals surface area contributed by atoms with Crippen LogP contribution in [0.4, 0.5) is 18.9 Å². The smallest absolute Gasteiger partial charge is 0.258 e. The maximum Gasteiger partial charge on any atom is 0.294 e. The van der Waals surface area contributed by atoms with Crippen molar-refractivity contribution >= 4 is 17.3 Å². The summed E-state index contributed by atoms with van der Waals surface area (Å²) in [7, 11) is 0. The Morgan fingerprint density at radius 2 is 1.85 bits per heavy atom. The van der Waals surface area contributed by atoms with E-state index >= 15 is 0 Å². The Bertz CT molecular complexity index is 383. The fraction of sp³-hybridized carbons (Fsp3) is 0. The van der Waals surface area contributed by atoms with Crippen LogP contribution >= 0.6 is 11.6 Å². The molecule has 13 heavy (non-hydrogen) atoms. The summed E-state index contributed by atoms with van der Waals surface area (Å²) >= 11 is 5.04. The molecule has 0 radical (unpaired) electrons. The van der Waals surface area contributed by atoms with E-state index in [-0.39, 0.29) is 6.07 Å². The van der Waals surface area contributed by atoms with Crippen LogP contribution in [0.15, 0.2) is 6.07 Å². The van der Waals surface area contributed by atoms with Crippen LogP contribution in [0, 0.1) is 27.6 Å². The predicted octanol–water partition coefficient (Wildman–Crippen LogP) is 2.67. The summed E-state index contributed by atoms with van der Waals surface area (Å²) in [5, 5.41) is 9.06. The molecule has 0 atom stereocenters. The lowest BCUT2D eigenvalue weighted by Crippen LogP contribution is -1.97. The second-order valence-corrected chi connectivity index (χ2v) is 2.45. The summed E-state index contributed by atoms with van der Waals surface area (Å²) in [4.78, 5) is 9.00. The fourth-order valence-electron chi connectivity index (χ4n) is 0.693. The van der Waals surface area contributed by atoms with Gasteiger partial charge in [-0.25, -0.2) is 13.2 Å². The van der Waals surface area contributed by atoms with Gasteiger partial charge < -0.3 is 0 Å². The maximum atomic E-state index is 12.6. The lowest BCUT2D eigenvalue weighted by molar-refractivity contribution is -0.385. The van der Waals surface area contributed by atoms with Crippen molar-refractivity contribution in [3.8, 4) is 0 Å². The van der Waals surface area contributed by atoms with Gasteiger partial charge in [-0.1, -0.05) is 11.6 Å². The Morgan fingerprint density at radius 1 is 1.31 bits per heavy atom. The molecule has 0 saturated carbocycles. The summed E-state index contributed by atoms with van der Waals surface area (Å²) in [6, 6.07) is 0.223. The van der Waals surface area contributed by atoms with Gasteiger partial charge in [0.2, 0.25) is 0 Å². The zero-order valence-electron chi connectivity index (χ0n) is 5.85. The van der Waals surface area contributed by atoms with Gasteiger partial charge in [0.05, 0.1) is 11.0 Å². The third-order valence-electron chi connectivity index (χ3n) is 1.28. The average molecular weight is 212 g/mol. The molecule has 1 rings (SSSR count). The van der Waals surface area contributed by atoms with Gasteiger partial charge in [-0.3, -0.25) is 10.1 Å². The molecule has 0 aliphatic carbocycles. The van der Waals surface area contributed by atoms with E-state index < -0.39 is 33.1 Å². The molecule has 0 amide bonds. The van der Waals surface area contributed by atoms with E-state index in [0.717, 1.165) is 0 Å². The molecule has 1 aromatic rings. The van der Waals surface area contributed by atoms with Crippen molar-refractivity contribution in [2.75, 3.05) is 0 Å². The zero-order chi connectivity index (χ0) is 10.2. The highest BCUT2D eigenvalue weighted by Crippen LogP contribution is 2.30. The second kappa shape index (κ2) is 3.21. The van der Waals surface area contributed by atoms with Crippen molar-refractivity contribution in [1.82, 2.24) is 0 Å². The Balaban J connectivity index is 3.50. The van der Waals surface area contributed by atoms with Crippen LogP contribution < -0.4 is 0 Å². The van der Waals surface area contributed by atoms with Crippen LogP contribution in [-0.2, 0) is 0 Å². The van der Waals surface area contributed by atoms with E-state index in [1.165, 1.54) is 0 Å². The van der Waals surface area contributed by atoms with Gasteiger partial charge in [-0.05, 0) is 0 Å². The highest BCUT2D eigenvalue weighted by Gasteiger charge is 2.23. The molecule has 0 saturated heterocycles. The minimum Gasteiger partial charge on any atom is -0.258 e. The summed E-state index contributed by atoms with van der Waals surface area (Å²) < 4.78 is 37.3. The number of halogens is 4. The highest BCUT2D eigenvalue weighted by atomic mass is 35.5. The summed E-state index contributed by atoms with van der Waals surface area (Å²) in [5.41, 5.74) is -1.00. The third kappa shape index (κ3) is 1.57. The molecule has 0 N–H and O–H groups in total. The normalized spacial score (nSPS) is 10.2. The van der Waals surface area contributed by atoms with Crippen molar-refractivity contribution in [2.24, 2.45) is 0 Å². The number of hydrogen-bond acceptors (Lipinski definition) is 2. The van der Waals surface area contributed by atoms with E-state index in [2.05, 4.69) is 0 Å². The number of rotatable bonds is 1. The summed E-state index contributed by atoms with van der Waals surface area (Å²) in [6.45, 7) is 0. The largest absolute Gasteiger partial charge is 0.294 e. The number of benzene rings is 1. The number of nitro groups is 1. The van der Waals surface area contributed by atoms with Gasteiger partial charge in [0.15, 0.2) is 22.5 Å². The highest BCUT2D eigenvalue weighted by molar-refractivity contribution is 6.32. The minimum atomic E-state index is -1.82. The van der Waals surface area contributed by atoms with Gasteiger partial charge in [0.25, 0.3) is 5.69 Å². The van der Waals surface area contributed by atoms with Crippen LogP contribution in [0.1, 0.15) is 0 Å². The van der Waals surface area contributed by atoms with Crippen molar-refractivity contribution in [2.45, 2.75) is 0 Å². The molecule has 3 nitrogen and oxygen atoms in total. The number of hydrogen-bond donors (Lipinski definition) is 0.